The summed E-state index contributed by atoms with van der Waals surface area (Å²) in [5, 5.41) is 14.4. The van der Waals surface area contributed by atoms with Crippen LogP contribution in [0.3, 0.4) is 0 Å². The number of para-hydroxylation sites is 2. The first-order valence-corrected chi connectivity index (χ1v) is 7.06. The zero-order chi connectivity index (χ0) is 14.4. The van der Waals surface area contributed by atoms with Crippen LogP contribution in [0.1, 0.15) is 6.92 Å². The molecule has 20 heavy (non-hydrogen) atoms. The van der Waals surface area contributed by atoms with Crippen LogP contribution >= 0.6 is 11.8 Å². The average Bonchev–Trinajstić information content (AvgIpc) is 2.84. The lowest BCUT2D eigenvalue weighted by Crippen LogP contribution is -2.15. The maximum atomic E-state index is 11.9. The van der Waals surface area contributed by atoms with E-state index >= 15 is 0 Å². The fourth-order valence-electron chi connectivity index (χ4n) is 1.51. The number of thioether (sulfide) groups is 1. The fourth-order valence-corrected chi connectivity index (χ4v) is 2.16. The van der Waals surface area contributed by atoms with E-state index in [2.05, 4.69) is 20.8 Å². The first kappa shape index (κ1) is 14.3. The zero-order valence-electron chi connectivity index (χ0n) is 11.2. The summed E-state index contributed by atoms with van der Waals surface area (Å²) in [6, 6.07) is 7.33. The largest absolute Gasteiger partial charge is 0.492 e. The number of ether oxygens (including phenoxy) is 1. The number of hydrogen-bond donors (Lipinski definition) is 1. The van der Waals surface area contributed by atoms with E-state index in [0.717, 1.165) is 0 Å². The van der Waals surface area contributed by atoms with Crippen LogP contribution in [-0.2, 0) is 11.8 Å². The molecule has 1 amide bonds. The molecule has 1 heterocycles. The van der Waals surface area contributed by atoms with E-state index in [1.165, 1.54) is 16.4 Å². The number of benzene rings is 1. The van der Waals surface area contributed by atoms with Crippen LogP contribution in [0.4, 0.5) is 5.69 Å². The third kappa shape index (κ3) is 3.70. The summed E-state index contributed by atoms with van der Waals surface area (Å²) in [6.07, 6.45) is 0. The Morgan fingerprint density at radius 3 is 2.95 bits per heavy atom. The third-order valence-corrected chi connectivity index (χ3v) is 3.39. The number of hydrogen-bond acceptors (Lipinski definition) is 6. The molecular weight excluding hydrogens is 278 g/mol. The molecule has 0 aliphatic carbocycles. The number of rotatable bonds is 6. The number of carbonyl (C=O) groups excluding carboxylic acids is 1. The molecule has 1 N–H and O–H groups in total. The van der Waals surface area contributed by atoms with Crippen LogP contribution in [0.15, 0.2) is 29.4 Å². The second-order valence-electron chi connectivity index (χ2n) is 3.85. The van der Waals surface area contributed by atoms with E-state index in [9.17, 15) is 4.79 Å². The van der Waals surface area contributed by atoms with E-state index < -0.39 is 0 Å². The number of aryl methyl sites for hydroxylation is 1. The third-order valence-electron chi connectivity index (χ3n) is 2.37. The minimum absolute atomic E-state index is 0.134. The van der Waals surface area contributed by atoms with Crippen molar-refractivity contribution in [3.05, 3.63) is 24.3 Å². The zero-order valence-corrected chi connectivity index (χ0v) is 12.1. The lowest BCUT2D eigenvalue weighted by molar-refractivity contribution is -0.113. The highest BCUT2D eigenvalue weighted by Gasteiger charge is 2.10. The molecule has 1 aromatic heterocycles. The van der Waals surface area contributed by atoms with Crippen LogP contribution in [0.5, 0.6) is 5.75 Å². The Bertz CT molecular complexity index is 587. The van der Waals surface area contributed by atoms with Crippen LogP contribution < -0.4 is 10.1 Å². The highest BCUT2D eigenvalue weighted by atomic mass is 32.2. The Balaban J connectivity index is 1.93. The number of carbonyl (C=O) groups is 1. The van der Waals surface area contributed by atoms with Gasteiger partial charge in [-0.3, -0.25) is 4.79 Å². The smallest absolute Gasteiger partial charge is 0.234 e. The molecule has 0 atom stereocenters. The van der Waals surface area contributed by atoms with Gasteiger partial charge >= 0.3 is 0 Å². The standard InChI is InChI=1S/C12H15N5O2S/c1-3-19-10-7-5-4-6-9(10)13-11(18)8-20-12-14-15-16-17(12)2/h4-7H,3,8H2,1-2H3,(H,13,18). The monoisotopic (exact) mass is 293 g/mol. The minimum Gasteiger partial charge on any atom is -0.492 e. The predicted octanol–water partition coefficient (Wildman–Crippen LogP) is 1.34. The van der Waals surface area contributed by atoms with Crippen molar-refractivity contribution in [1.29, 1.82) is 0 Å². The van der Waals surface area contributed by atoms with Crippen molar-refractivity contribution >= 4 is 23.4 Å². The minimum atomic E-state index is -0.134. The van der Waals surface area contributed by atoms with Crippen molar-refractivity contribution < 1.29 is 9.53 Å². The molecule has 0 aliphatic heterocycles. The van der Waals surface area contributed by atoms with Crippen molar-refractivity contribution in [3.8, 4) is 5.75 Å². The van der Waals surface area contributed by atoms with Gasteiger partial charge in [0.1, 0.15) is 5.75 Å². The molecule has 2 rings (SSSR count). The summed E-state index contributed by atoms with van der Waals surface area (Å²) in [4.78, 5) is 11.9. The van der Waals surface area contributed by atoms with Gasteiger partial charge in [0.15, 0.2) is 0 Å². The van der Waals surface area contributed by atoms with E-state index in [-0.39, 0.29) is 11.7 Å². The Morgan fingerprint density at radius 1 is 1.45 bits per heavy atom. The first-order chi connectivity index (χ1) is 9.70. The molecule has 0 fully saturated rings. The lowest BCUT2D eigenvalue weighted by atomic mass is 10.3. The summed E-state index contributed by atoms with van der Waals surface area (Å²) in [6.45, 7) is 2.45. The molecular formula is C12H15N5O2S. The summed E-state index contributed by atoms with van der Waals surface area (Å²) < 4.78 is 6.97. The van der Waals surface area contributed by atoms with Gasteiger partial charge in [-0.25, -0.2) is 4.68 Å². The van der Waals surface area contributed by atoms with E-state index in [0.29, 0.717) is 23.2 Å². The van der Waals surface area contributed by atoms with E-state index in [1.54, 1.807) is 13.1 Å². The summed E-state index contributed by atoms with van der Waals surface area (Å²) >= 11 is 1.27. The number of anilines is 1. The van der Waals surface area contributed by atoms with Gasteiger partial charge in [0, 0.05) is 7.05 Å². The fraction of sp³-hybridized carbons (Fsp3) is 0.333. The van der Waals surface area contributed by atoms with Gasteiger partial charge in [0.05, 0.1) is 18.0 Å². The Morgan fingerprint density at radius 2 is 2.25 bits per heavy atom. The molecule has 0 saturated carbocycles. The second-order valence-corrected chi connectivity index (χ2v) is 4.79. The molecule has 1 aromatic carbocycles. The van der Waals surface area contributed by atoms with Crippen molar-refractivity contribution in [3.63, 3.8) is 0 Å². The van der Waals surface area contributed by atoms with E-state index in [4.69, 9.17) is 4.74 Å². The molecule has 8 heteroatoms. The quantitative estimate of drug-likeness (QED) is 0.809. The Labute approximate surface area is 120 Å². The molecule has 2 aromatic rings. The molecule has 0 radical (unpaired) electrons. The molecule has 7 nitrogen and oxygen atoms in total. The number of nitrogens with one attached hydrogen (secondary N) is 1. The van der Waals surface area contributed by atoms with Gasteiger partial charge in [-0.2, -0.15) is 0 Å². The number of tetrazole rings is 1. The molecule has 0 unspecified atom stereocenters. The molecule has 0 bridgehead atoms. The highest BCUT2D eigenvalue weighted by Crippen LogP contribution is 2.24. The molecule has 0 saturated heterocycles. The van der Waals surface area contributed by atoms with Gasteiger partial charge in [-0.1, -0.05) is 23.9 Å². The van der Waals surface area contributed by atoms with Crippen LogP contribution in [0.25, 0.3) is 0 Å². The van der Waals surface area contributed by atoms with Crippen LogP contribution in [0, 0.1) is 0 Å². The van der Waals surface area contributed by atoms with Gasteiger partial charge in [0.2, 0.25) is 11.1 Å². The summed E-state index contributed by atoms with van der Waals surface area (Å²) in [5.41, 5.74) is 0.663. The van der Waals surface area contributed by atoms with Crippen molar-refractivity contribution in [1.82, 2.24) is 20.2 Å². The molecule has 0 aliphatic rings. The SMILES string of the molecule is CCOc1ccccc1NC(=O)CSc1nnnn1C. The van der Waals surface area contributed by atoms with Crippen molar-refractivity contribution in [2.75, 3.05) is 17.7 Å². The van der Waals surface area contributed by atoms with Crippen molar-refractivity contribution in [2.45, 2.75) is 12.1 Å². The average molecular weight is 293 g/mol. The first-order valence-electron chi connectivity index (χ1n) is 6.07. The van der Waals surface area contributed by atoms with Crippen LogP contribution in [0.2, 0.25) is 0 Å². The van der Waals surface area contributed by atoms with Crippen LogP contribution in [-0.4, -0.2) is 38.5 Å². The lowest BCUT2D eigenvalue weighted by Gasteiger charge is -2.10. The van der Waals surface area contributed by atoms with Gasteiger partial charge in [-0.05, 0) is 29.5 Å². The van der Waals surface area contributed by atoms with Gasteiger partial charge < -0.3 is 10.1 Å². The number of amides is 1. The molecule has 0 spiro atoms. The highest BCUT2D eigenvalue weighted by molar-refractivity contribution is 7.99. The van der Waals surface area contributed by atoms with Gasteiger partial charge in [0.25, 0.3) is 0 Å². The van der Waals surface area contributed by atoms with Gasteiger partial charge in [-0.15, -0.1) is 5.10 Å². The molecule has 106 valence electrons. The Hall–Kier alpha value is -2.09. The maximum Gasteiger partial charge on any atom is 0.234 e. The number of nitrogens with zero attached hydrogens (tertiary/aromatic N) is 4. The van der Waals surface area contributed by atoms with E-state index in [1.807, 2.05) is 25.1 Å². The topological polar surface area (TPSA) is 81.9 Å². The van der Waals surface area contributed by atoms with Crippen molar-refractivity contribution in [2.24, 2.45) is 7.05 Å². The predicted molar refractivity (Wildman–Crippen MR) is 75.8 cm³/mol. The normalized spacial score (nSPS) is 10.3. The summed E-state index contributed by atoms with van der Waals surface area (Å²) in [5.74, 6) is 0.758. The number of aromatic nitrogens is 4. The Kier molecular flexibility index (Phi) is 4.94. The second kappa shape index (κ2) is 6.90. The summed E-state index contributed by atoms with van der Waals surface area (Å²) in [7, 11) is 1.73. The maximum absolute atomic E-state index is 11.9.